The first-order valence-corrected chi connectivity index (χ1v) is 26.8. The van der Waals surface area contributed by atoms with Gasteiger partial charge in [-0.15, -0.1) is 0 Å². The highest BCUT2D eigenvalue weighted by Crippen LogP contribution is 2.33. The van der Waals surface area contributed by atoms with E-state index >= 15 is 0 Å². The van der Waals surface area contributed by atoms with E-state index in [0.717, 1.165) is 11.3 Å². The molecule has 0 aliphatic carbocycles. The zero-order valence-electron chi connectivity index (χ0n) is 45.2. The highest BCUT2D eigenvalue weighted by Gasteiger charge is 2.26. The van der Waals surface area contributed by atoms with E-state index in [1.54, 1.807) is 104 Å². The number of carbonyl (C=O) groups is 3. The molecule has 81 heavy (non-hydrogen) atoms. The molecule has 3 aromatic carbocycles. The van der Waals surface area contributed by atoms with Crippen LogP contribution in [0.4, 0.5) is 34.1 Å². The van der Waals surface area contributed by atoms with E-state index in [0.29, 0.717) is 85.5 Å². The maximum atomic E-state index is 12.9. The van der Waals surface area contributed by atoms with Crippen molar-refractivity contribution in [3.05, 3.63) is 207 Å². The van der Waals surface area contributed by atoms with Gasteiger partial charge >= 0.3 is 0 Å². The molecule has 0 saturated heterocycles. The second-order valence-corrected chi connectivity index (χ2v) is 19.6. The molecule has 414 valence electrons. The third-order valence-corrected chi connectivity index (χ3v) is 13.3. The monoisotopic (exact) mass is 1170 g/mol. The van der Waals surface area contributed by atoms with Crippen LogP contribution >= 0.6 is 46.4 Å². The molecule has 0 aliphatic rings. The molecule has 6 aromatic heterocycles. The van der Waals surface area contributed by atoms with Crippen LogP contribution in [0, 0.1) is 13.8 Å². The number of halogens is 4. The van der Waals surface area contributed by atoms with Crippen molar-refractivity contribution < 1.29 is 14.4 Å². The average Bonchev–Trinajstić information content (AvgIpc) is 3.50. The lowest BCUT2D eigenvalue weighted by Crippen LogP contribution is -2.28. The molecule has 0 spiro atoms. The summed E-state index contributed by atoms with van der Waals surface area (Å²) < 4.78 is 3.95. The number of rotatable bonds is 15. The highest BCUT2D eigenvalue weighted by molar-refractivity contribution is 6.32. The van der Waals surface area contributed by atoms with Crippen molar-refractivity contribution in [3.63, 3.8) is 0 Å². The standard InChI is InChI=1S/2C20H19ClN4O2.C19H16Cl2N4O2/c1-4-25-20(27)19(23-16-9-6-10-22-12(16)2)17(13(3)26)18(24-25)14-7-5-8-15(21)11-14;1-4-25-20(27)19(23-16-11-22-9-8-12(16)2)17(13(3)26)18(24-25)14-6-5-7-15(21)10-14;1-3-25-19(27)17(23-14-8-5-9-22-18(14)21)15(11(2)26)16(24-25)12-6-4-7-13(20)10-12/h2*5-11,23H,4H2,1-3H3;4-10,23H,3H2,1-2H3. The van der Waals surface area contributed by atoms with Crippen LogP contribution in [0.25, 0.3) is 33.8 Å². The number of benzene rings is 3. The van der Waals surface area contributed by atoms with Crippen LogP contribution < -0.4 is 32.6 Å². The quantitative estimate of drug-likeness (QED) is 0.0640. The Bertz CT molecular complexity index is 3640. The minimum atomic E-state index is -0.423. The first-order valence-electron chi connectivity index (χ1n) is 25.3. The fourth-order valence-electron chi connectivity index (χ4n) is 8.34. The first-order chi connectivity index (χ1) is 38.8. The topological polar surface area (TPSA) is 231 Å². The highest BCUT2D eigenvalue weighted by atomic mass is 35.5. The van der Waals surface area contributed by atoms with Gasteiger partial charge in [0.1, 0.15) is 34.1 Å². The molecular formula is C59H54Cl4N12O6. The summed E-state index contributed by atoms with van der Waals surface area (Å²) in [5.74, 6) is -0.830. The summed E-state index contributed by atoms with van der Waals surface area (Å²) in [6.45, 7) is 14.5. The van der Waals surface area contributed by atoms with E-state index in [9.17, 15) is 28.8 Å². The molecule has 9 rings (SSSR count). The van der Waals surface area contributed by atoms with E-state index in [-0.39, 0.29) is 67.4 Å². The van der Waals surface area contributed by atoms with E-state index in [1.165, 1.54) is 41.0 Å². The summed E-state index contributed by atoms with van der Waals surface area (Å²) in [6, 6.07) is 29.8. The van der Waals surface area contributed by atoms with Crippen molar-refractivity contribution in [3.8, 4) is 33.8 Å². The summed E-state index contributed by atoms with van der Waals surface area (Å²) in [7, 11) is 0. The van der Waals surface area contributed by atoms with Crippen LogP contribution in [-0.4, -0.2) is 61.6 Å². The van der Waals surface area contributed by atoms with Crippen molar-refractivity contribution in [2.75, 3.05) is 16.0 Å². The Hall–Kier alpha value is -8.68. The van der Waals surface area contributed by atoms with Crippen LogP contribution in [-0.2, 0) is 19.6 Å². The Morgan fingerprint density at radius 3 is 1.19 bits per heavy atom. The van der Waals surface area contributed by atoms with Gasteiger partial charge in [0.15, 0.2) is 22.5 Å². The Balaban J connectivity index is 0.000000175. The van der Waals surface area contributed by atoms with Gasteiger partial charge in [0.2, 0.25) is 0 Å². The van der Waals surface area contributed by atoms with Crippen molar-refractivity contribution in [2.24, 2.45) is 0 Å². The number of nitrogens with zero attached hydrogens (tertiary/aromatic N) is 9. The lowest BCUT2D eigenvalue weighted by atomic mass is 10.0. The van der Waals surface area contributed by atoms with Gasteiger partial charge in [-0.25, -0.2) is 19.0 Å². The van der Waals surface area contributed by atoms with Gasteiger partial charge in [-0.3, -0.25) is 38.7 Å². The number of pyridine rings is 3. The third-order valence-electron chi connectivity index (χ3n) is 12.3. The van der Waals surface area contributed by atoms with Crippen LogP contribution in [0.15, 0.2) is 142 Å². The summed E-state index contributed by atoms with van der Waals surface area (Å²) in [4.78, 5) is 88.5. The van der Waals surface area contributed by atoms with Gasteiger partial charge in [0, 0.05) is 70.0 Å². The zero-order valence-corrected chi connectivity index (χ0v) is 48.3. The van der Waals surface area contributed by atoms with Crippen molar-refractivity contribution in [2.45, 2.75) is 75.0 Å². The van der Waals surface area contributed by atoms with E-state index in [1.807, 2.05) is 52.0 Å². The van der Waals surface area contributed by atoms with Crippen LogP contribution in [0.5, 0.6) is 0 Å². The molecule has 0 amide bonds. The molecule has 0 radical (unpaired) electrons. The fraction of sp³-hybridized carbons (Fsp3) is 0.186. The molecule has 6 heterocycles. The number of Topliss-reactive ketones (excluding diaryl/α,β-unsaturated/α-hetero) is 3. The fourth-order valence-corrected chi connectivity index (χ4v) is 9.08. The lowest BCUT2D eigenvalue weighted by molar-refractivity contribution is 0.101. The number of hydrogen-bond donors (Lipinski definition) is 3. The van der Waals surface area contributed by atoms with Gasteiger partial charge in [-0.1, -0.05) is 82.8 Å². The molecule has 0 atom stereocenters. The van der Waals surface area contributed by atoms with Crippen molar-refractivity contribution in [1.82, 2.24) is 44.3 Å². The smallest absolute Gasteiger partial charge is 0.291 e. The molecule has 0 bridgehead atoms. The van der Waals surface area contributed by atoms with Gasteiger partial charge < -0.3 is 16.0 Å². The molecule has 0 aliphatic heterocycles. The number of aromatic nitrogens is 9. The molecule has 0 unspecified atom stereocenters. The lowest BCUT2D eigenvalue weighted by Gasteiger charge is -2.17. The maximum Gasteiger partial charge on any atom is 0.291 e. The van der Waals surface area contributed by atoms with Crippen molar-refractivity contribution in [1.29, 1.82) is 0 Å². The Morgan fingerprint density at radius 2 is 0.840 bits per heavy atom. The summed E-state index contributed by atoms with van der Waals surface area (Å²) >= 11 is 24.4. The van der Waals surface area contributed by atoms with Gasteiger partial charge in [-0.2, -0.15) is 15.3 Å². The second-order valence-electron chi connectivity index (χ2n) is 17.9. The van der Waals surface area contributed by atoms with Gasteiger partial charge in [0.25, 0.3) is 16.7 Å². The zero-order chi connectivity index (χ0) is 58.7. The van der Waals surface area contributed by atoms with Crippen molar-refractivity contribution >= 4 is 97.9 Å². The largest absolute Gasteiger partial charge is 0.349 e. The summed E-state index contributed by atoms with van der Waals surface area (Å²) in [6.07, 6.45) is 6.49. The number of ketones is 3. The molecule has 0 fully saturated rings. The van der Waals surface area contributed by atoms with Crippen LogP contribution in [0.2, 0.25) is 20.2 Å². The SMILES string of the molecule is CCn1nc(-c2cccc(Cl)c2)c(C(C)=O)c(Nc2cccnc2C)c1=O.CCn1nc(-c2cccc(Cl)c2)c(C(C)=O)c(Nc2cccnc2Cl)c1=O.CCn1nc(-c2cccc(Cl)c2)c(C(C)=O)c(Nc2cnccc2C)c1=O. The Kier molecular flexibility index (Phi) is 20.0. The normalized spacial score (nSPS) is 10.7. The maximum absolute atomic E-state index is 12.9. The van der Waals surface area contributed by atoms with Gasteiger partial charge in [0.05, 0.1) is 45.6 Å². The van der Waals surface area contributed by atoms with E-state index in [2.05, 4.69) is 46.2 Å². The Labute approximate surface area is 485 Å². The van der Waals surface area contributed by atoms with Crippen LogP contribution in [0.3, 0.4) is 0 Å². The number of hydrogen-bond acceptors (Lipinski definition) is 15. The molecule has 3 N–H and O–H groups in total. The summed E-state index contributed by atoms with van der Waals surface area (Å²) in [5.41, 5.74) is 6.48. The molecular weight excluding hydrogens is 1110 g/mol. The van der Waals surface area contributed by atoms with E-state index < -0.39 is 5.56 Å². The molecule has 22 heteroatoms. The number of aryl methyl sites for hydroxylation is 5. The van der Waals surface area contributed by atoms with Crippen LogP contribution in [0.1, 0.15) is 83.9 Å². The van der Waals surface area contributed by atoms with Gasteiger partial charge in [-0.05, 0) is 128 Å². The number of anilines is 6. The average molecular weight is 1170 g/mol. The molecule has 9 aromatic rings. The summed E-state index contributed by atoms with van der Waals surface area (Å²) in [5, 5.41) is 24.1. The molecule has 0 saturated carbocycles. The first kappa shape index (κ1) is 60.0. The predicted octanol–water partition coefficient (Wildman–Crippen LogP) is 13.0. The van der Waals surface area contributed by atoms with E-state index in [4.69, 9.17) is 46.4 Å². The number of carbonyl (C=O) groups excluding carboxylic acids is 3. The Morgan fingerprint density at radius 1 is 0.469 bits per heavy atom. The predicted molar refractivity (Wildman–Crippen MR) is 321 cm³/mol. The minimum Gasteiger partial charge on any atom is -0.349 e. The second kappa shape index (κ2) is 27.0. The third kappa shape index (κ3) is 14.0. The minimum absolute atomic E-state index is 0.101. The number of nitrogens with one attached hydrogen (secondary N) is 3. The molecule has 18 nitrogen and oxygen atoms in total.